The van der Waals surface area contributed by atoms with Gasteiger partial charge in [-0.15, -0.1) is 0 Å². The van der Waals surface area contributed by atoms with Crippen molar-refractivity contribution < 1.29 is 4.79 Å². The molecule has 0 aliphatic carbocycles. The van der Waals surface area contributed by atoms with Crippen LogP contribution in [0.15, 0.2) is 60.8 Å². The molecule has 3 aromatic rings. The van der Waals surface area contributed by atoms with Crippen LogP contribution in [0.2, 0.25) is 0 Å². The third kappa shape index (κ3) is 3.51. The third-order valence-corrected chi connectivity index (χ3v) is 5.30. The zero-order chi connectivity index (χ0) is 17.9. The molecule has 4 rings (SSSR count). The number of aromatic nitrogens is 1. The van der Waals surface area contributed by atoms with Gasteiger partial charge in [0.2, 0.25) is 5.91 Å². The van der Waals surface area contributed by atoms with Gasteiger partial charge in [0, 0.05) is 49.3 Å². The minimum absolute atomic E-state index is 0.224. The molecule has 1 N–H and O–H groups in total. The molecule has 1 saturated heterocycles. The van der Waals surface area contributed by atoms with Gasteiger partial charge in [-0.2, -0.15) is 0 Å². The summed E-state index contributed by atoms with van der Waals surface area (Å²) in [5.41, 5.74) is 3.51. The molecule has 2 aromatic carbocycles. The van der Waals surface area contributed by atoms with Crippen molar-refractivity contribution in [3.8, 4) is 0 Å². The Kier molecular flexibility index (Phi) is 4.76. The van der Waals surface area contributed by atoms with E-state index in [1.807, 2.05) is 35.4 Å². The lowest BCUT2D eigenvalue weighted by molar-refractivity contribution is -0.135. The average Bonchev–Trinajstić information content (AvgIpc) is 3.06. The Labute approximate surface area is 154 Å². The maximum atomic E-state index is 12.9. The van der Waals surface area contributed by atoms with E-state index in [4.69, 9.17) is 0 Å². The summed E-state index contributed by atoms with van der Waals surface area (Å²) in [4.78, 5) is 20.6. The first kappa shape index (κ1) is 16.9. The number of nitrogens with one attached hydrogen (secondary N) is 1. The van der Waals surface area contributed by atoms with Crippen molar-refractivity contribution in [2.75, 3.05) is 19.6 Å². The van der Waals surface area contributed by atoms with Crippen molar-refractivity contribution in [1.82, 2.24) is 14.8 Å². The minimum Gasteiger partial charge on any atom is -0.361 e. The fraction of sp³-hybridized carbons (Fsp3) is 0.318. The molecule has 1 fully saturated rings. The number of nitrogens with zero attached hydrogens (tertiary/aromatic N) is 2. The largest absolute Gasteiger partial charge is 0.361 e. The first-order valence-electron chi connectivity index (χ1n) is 9.31. The third-order valence-electron chi connectivity index (χ3n) is 5.30. The van der Waals surface area contributed by atoms with Crippen molar-refractivity contribution in [2.24, 2.45) is 0 Å². The van der Waals surface area contributed by atoms with Crippen LogP contribution in [0.3, 0.4) is 0 Å². The second kappa shape index (κ2) is 7.34. The average molecular weight is 347 g/mol. The maximum Gasteiger partial charge on any atom is 0.227 e. The highest BCUT2D eigenvalue weighted by atomic mass is 16.2. The summed E-state index contributed by atoms with van der Waals surface area (Å²) >= 11 is 0. The fourth-order valence-corrected chi connectivity index (χ4v) is 3.93. The Bertz CT molecular complexity index is 887. The van der Waals surface area contributed by atoms with Crippen molar-refractivity contribution in [1.29, 1.82) is 0 Å². The quantitative estimate of drug-likeness (QED) is 0.785. The number of amides is 1. The van der Waals surface area contributed by atoms with Gasteiger partial charge >= 0.3 is 0 Å². The number of carbonyl (C=O) groups excluding carboxylic acids is 1. The van der Waals surface area contributed by atoms with E-state index in [-0.39, 0.29) is 11.9 Å². The van der Waals surface area contributed by atoms with Gasteiger partial charge in [0.25, 0.3) is 0 Å². The first-order valence-corrected chi connectivity index (χ1v) is 9.31. The number of carbonyl (C=O) groups is 1. The molecule has 1 unspecified atom stereocenters. The van der Waals surface area contributed by atoms with E-state index in [1.54, 1.807) is 0 Å². The molecule has 0 bridgehead atoms. The molecule has 1 aromatic heterocycles. The molecule has 4 heteroatoms. The van der Waals surface area contributed by atoms with E-state index in [2.05, 4.69) is 47.1 Å². The molecule has 1 atom stereocenters. The number of piperazine rings is 1. The highest BCUT2D eigenvalue weighted by Gasteiger charge is 2.27. The van der Waals surface area contributed by atoms with Gasteiger partial charge in [-0.25, -0.2) is 0 Å². The zero-order valence-corrected chi connectivity index (χ0v) is 15.2. The van der Waals surface area contributed by atoms with Crippen molar-refractivity contribution in [3.05, 3.63) is 71.9 Å². The lowest BCUT2D eigenvalue weighted by atomic mass is 10.1. The van der Waals surface area contributed by atoms with Crippen LogP contribution in [-0.4, -0.2) is 46.4 Å². The van der Waals surface area contributed by atoms with Crippen LogP contribution in [0.4, 0.5) is 0 Å². The normalized spacial score (nSPS) is 18.3. The minimum atomic E-state index is 0.224. The Morgan fingerprint density at radius 1 is 1.08 bits per heavy atom. The van der Waals surface area contributed by atoms with E-state index in [0.29, 0.717) is 6.42 Å². The molecule has 1 amide bonds. The summed E-state index contributed by atoms with van der Waals surface area (Å²) in [7, 11) is 0. The van der Waals surface area contributed by atoms with E-state index < -0.39 is 0 Å². The fourth-order valence-electron chi connectivity index (χ4n) is 3.93. The number of rotatable bonds is 4. The molecule has 0 saturated carbocycles. The lowest BCUT2D eigenvalue weighted by Crippen LogP contribution is -2.54. The van der Waals surface area contributed by atoms with Crippen LogP contribution in [0.1, 0.15) is 18.1 Å². The summed E-state index contributed by atoms with van der Waals surface area (Å²) in [6.45, 7) is 5.77. The molecule has 1 aliphatic heterocycles. The van der Waals surface area contributed by atoms with Gasteiger partial charge in [-0.1, -0.05) is 48.5 Å². The molecule has 0 radical (unpaired) electrons. The van der Waals surface area contributed by atoms with E-state index in [0.717, 1.165) is 42.6 Å². The number of hydrogen-bond donors (Lipinski definition) is 1. The van der Waals surface area contributed by atoms with Gasteiger partial charge in [0.15, 0.2) is 0 Å². The van der Waals surface area contributed by atoms with Gasteiger partial charge < -0.3 is 9.88 Å². The van der Waals surface area contributed by atoms with E-state index >= 15 is 0 Å². The summed E-state index contributed by atoms with van der Waals surface area (Å²) in [5.74, 6) is 0.224. The van der Waals surface area contributed by atoms with Crippen LogP contribution in [0, 0.1) is 0 Å². The molecular formula is C22H25N3O. The molecule has 2 heterocycles. The number of H-pyrrole nitrogens is 1. The topological polar surface area (TPSA) is 39.3 Å². The maximum absolute atomic E-state index is 12.9. The van der Waals surface area contributed by atoms with Crippen molar-refractivity contribution in [2.45, 2.75) is 25.9 Å². The van der Waals surface area contributed by atoms with Gasteiger partial charge in [0.05, 0.1) is 6.42 Å². The van der Waals surface area contributed by atoms with Crippen LogP contribution in [-0.2, 0) is 17.8 Å². The van der Waals surface area contributed by atoms with Crippen LogP contribution in [0.25, 0.3) is 10.9 Å². The first-order chi connectivity index (χ1) is 12.7. The summed E-state index contributed by atoms with van der Waals surface area (Å²) in [6.07, 6.45) is 2.44. The molecule has 0 spiro atoms. The predicted octanol–water partition coefficient (Wildman–Crippen LogP) is 3.44. The van der Waals surface area contributed by atoms with Gasteiger partial charge in [0.1, 0.15) is 0 Å². The zero-order valence-electron chi connectivity index (χ0n) is 15.2. The summed E-state index contributed by atoms with van der Waals surface area (Å²) < 4.78 is 0. The summed E-state index contributed by atoms with van der Waals surface area (Å²) in [5, 5.41) is 1.15. The Morgan fingerprint density at radius 3 is 2.65 bits per heavy atom. The van der Waals surface area contributed by atoms with E-state index in [9.17, 15) is 4.79 Å². The SMILES string of the molecule is CC1CN(Cc2ccccc2)CCN1C(=O)Cc1c[nH]c2ccccc12. The molecular weight excluding hydrogens is 322 g/mol. The van der Waals surface area contributed by atoms with Crippen molar-refractivity contribution in [3.63, 3.8) is 0 Å². The highest BCUT2D eigenvalue weighted by Crippen LogP contribution is 2.20. The second-order valence-corrected chi connectivity index (χ2v) is 7.19. The Balaban J connectivity index is 1.38. The highest BCUT2D eigenvalue weighted by molar-refractivity contribution is 5.89. The molecule has 4 nitrogen and oxygen atoms in total. The van der Waals surface area contributed by atoms with Gasteiger partial charge in [-0.3, -0.25) is 9.69 Å². The summed E-state index contributed by atoms with van der Waals surface area (Å²) in [6, 6.07) is 19.0. The Morgan fingerprint density at radius 2 is 1.85 bits per heavy atom. The standard InChI is InChI=1S/C22H25N3O/c1-17-15-24(16-18-7-3-2-4-8-18)11-12-25(17)22(26)13-19-14-23-21-10-6-5-9-20(19)21/h2-10,14,17,23H,11-13,15-16H2,1H3. The Hall–Kier alpha value is -2.59. The number of para-hydroxylation sites is 1. The molecule has 26 heavy (non-hydrogen) atoms. The smallest absolute Gasteiger partial charge is 0.227 e. The van der Waals surface area contributed by atoms with Crippen LogP contribution >= 0.6 is 0 Å². The molecule has 1 aliphatic rings. The van der Waals surface area contributed by atoms with Crippen molar-refractivity contribution >= 4 is 16.8 Å². The second-order valence-electron chi connectivity index (χ2n) is 7.19. The lowest BCUT2D eigenvalue weighted by Gasteiger charge is -2.40. The molecule has 134 valence electrons. The number of hydrogen-bond acceptors (Lipinski definition) is 2. The number of benzene rings is 2. The number of fused-ring (bicyclic) bond motifs is 1. The van der Waals surface area contributed by atoms with Crippen LogP contribution in [0.5, 0.6) is 0 Å². The monoisotopic (exact) mass is 347 g/mol. The van der Waals surface area contributed by atoms with Crippen LogP contribution < -0.4 is 0 Å². The van der Waals surface area contributed by atoms with Gasteiger partial charge in [-0.05, 0) is 24.1 Å². The predicted molar refractivity (Wildman–Crippen MR) is 105 cm³/mol. The number of aromatic amines is 1. The van der Waals surface area contributed by atoms with E-state index in [1.165, 1.54) is 5.56 Å².